The molecule has 0 radical (unpaired) electrons. The molecule has 1 aliphatic rings. The van der Waals surface area contributed by atoms with Gasteiger partial charge >= 0.3 is 6.03 Å². The number of urea groups is 1. The third-order valence-corrected chi connectivity index (χ3v) is 2.93. The molecule has 1 atom stereocenters. The highest BCUT2D eigenvalue weighted by molar-refractivity contribution is 5.73. The van der Waals surface area contributed by atoms with E-state index in [1.165, 1.54) is 0 Å². The minimum atomic E-state index is -0.119. The predicted molar refractivity (Wildman–Crippen MR) is 65.1 cm³/mol. The first-order valence-electron chi connectivity index (χ1n) is 6.18. The Kier molecular flexibility index (Phi) is 4.19. The van der Waals surface area contributed by atoms with Gasteiger partial charge in [0.2, 0.25) is 0 Å². The Hall–Kier alpha value is -1.56. The molecule has 1 N–H and O–H groups in total. The molecule has 1 fully saturated rings. The summed E-state index contributed by atoms with van der Waals surface area (Å²) < 4.78 is 10.4. The molecule has 0 aromatic carbocycles. The van der Waals surface area contributed by atoms with Gasteiger partial charge in [-0.05, 0) is 19.8 Å². The van der Waals surface area contributed by atoms with Crippen LogP contribution in [0.5, 0.6) is 0 Å². The summed E-state index contributed by atoms with van der Waals surface area (Å²) in [5, 5.41) is 6.71. The van der Waals surface area contributed by atoms with Crippen molar-refractivity contribution in [3.05, 3.63) is 17.5 Å². The molecular formula is C12H19N3O3. The number of hydrogen-bond acceptors (Lipinski definition) is 4. The van der Waals surface area contributed by atoms with E-state index in [1.807, 2.05) is 13.0 Å². The van der Waals surface area contributed by atoms with Gasteiger partial charge in [-0.25, -0.2) is 4.79 Å². The summed E-state index contributed by atoms with van der Waals surface area (Å²) in [6.45, 7) is 3.64. The topological polar surface area (TPSA) is 67.6 Å². The largest absolute Gasteiger partial charge is 0.376 e. The Morgan fingerprint density at radius 1 is 1.67 bits per heavy atom. The quantitative estimate of drug-likeness (QED) is 0.878. The van der Waals surface area contributed by atoms with Crippen LogP contribution in [0.1, 0.15) is 24.3 Å². The monoisotopic (exact) mass is 253 g/mol. The van der Waals surface area contributed by atoms with Crippen LogP contribution in [0.2, 0.25) is 0 Å². The lowest BCUT2D eigenvalue weighted by atomic mass is 10.2. The molecule has 1 saturated heterocycles. The normalized spacial score (nSPS) is 18.9. The van der Waals surface area contributed by atoms with E-state index < -0.39 is 0 Å². The first kappa shape index (κ1) is 12.9. The number of aromatic nitrogens is 1. The summed E-state index contributed by atoms with van der Waals surface area (Å²) in [6.07, 6.45) is 2.26. The van der Waals surface area contributed by atoms with E-state index in [0.717, 1.165) is 30.9 Å². The van der Waals surface area contributed by atoms with E-state index in [2.05, 4.69) is 10.5 Å². The average molecular weight is 253 g/mol. The molecule has 0 spiro atoms. The van der Waals surface area contributed by atoms with Crippen molar-refractivity contribution < 1.29 is 14.1 Å². The van der Waals surface area contributed by atoms with Crippen LogP contribution in [-0.4, -0.2) is 42.4 Å². The summed E-state index contributed by atoms with van der Waals surface area (Å²) in [5.74, 6) is 0.748. The van der Waals surface area contributed by atoms with Crippen LogP contribution in [0.4, 0.5) is 4.79 Å². The van der Waals surface area contributed by atoms with Gasteiger partial charge in [0.25, 0.3) is 0 Å². The fourth-order valence-corrected chi connectivity index (χ4v) is 1.95. The maximum absolute atomic E-state index is 11.8. The second-order valence-corrected chi connectivity index (χ2v) is 4.61. The fraction of sp³-hybridized carbons (Fsp3) is 0.667. The lowest BCUT2D eigenvalue weighted by Gasteiger charge is -2.18. The van der Waals surface area contributed by atoms with Crippen molar-refractivity contribution in [3.8, 4) is 0 Å². The summed E-state index contributed by atoms with van der Waals surface area (Å²) in [6, 6.07) is 1.70. The molecule has 0 saturated carbocycles. The van der Waals surface area contributed by atoms with E-state index >= 15 is 0 Å². The lowest BCUT2D eigenvalue weighted by Crippen LogP contribution is -2.40. The van der Waals surface area contributed by atoms with E-state index in [0.29, 0.717) is 13.1 Å². The maximum atomic E-state index is 11.8. The van der Waals surface area contributed by atoms with Crippen molar-refractivity contribution in [2.24, 2.45) is 0 Å². The number of nitrogens with zero attached hydrogens (tertiary/aromatic N) is 2. The van der Waals surface area contributed by atoms with Gasteiger partial charge in [-0.1, -0.05) is 5.16 Å². The Bertz CT molecular complexity index is 399. The Morgan fingerprint density at radius 3 is 3.11 bits per heavy atom. The molecule has 2 rings (SSSR count). The molecule has 1 aromatic rings. The highest BCUT2D eigenvalue weighted by Gasteiger charge is 2.17. The standard InChI is InChI=1S/C12H19N3O3/c1-9-6-10(14-18-9)8-15(2)12(16)13-7-11-4-3-5-17-11/h6,11H,3-5,7-8H2,1-2H3,(H,13,16)/t11-/m1/s1. The van der Waals surface area contributed by atoms with Gasteiger partial charge in [0, 0.05) is 26.3 Å². The first-order valence-corrected chi connectivity index (χ1v) is 6.18. The second kappa shape index (κ2) is 5.86. The number of amides is 2. The van der Waals surface area contributed by atoms with Crippen molar-refractivity contribution in [1.82, 2.24) is 15.4 Å². The van der Waals surface area contributed by atoms with Crippen molar-refractivity contribution in [3.63, 3.8) is 0 Å². The highest BCUT2D eigenvalue weighted by atomic mass is 16.5. The zero-order valence-corrected chi connectivity index (χ0v) is 10.8. The molecule has 2 amide bonds. The van der Waals surface area contributed by atoms with Crippen molar-refractivity contribution in [1.29, 1.82) is 0 Å². The van der Waals surface area contributed by atoms with Crippen LogP contribution in [-0.2, 0) is 11.3 Å². The van der Waals surface area contributed by atoms with Gasteiger partial charge in [0.05, 0.1) is 12.6 Å². The number of rotatable bonds is 4. The molecule has 6 heteroatoms. The predicted octanol–water partition coefficient (Wildman–Crippen LogP) is 1.30. The molecular weight excluding hydrogens is 234 g/mol. The second-order valence-electron chi connectivity index (χ2n) is 4.61. The van der Waals surface area contributed by atoms with E-state index in [4.69, 9.17) is 9.26 Å². The van der Waals surface area contributed by atoms with Gasteiger partial charge in [0.15, 0.2) is 0 Å². The smallest absolute Gasteiger partial charge is 0.317 e. The molecule has 0 bridgehead atoms. The number of hydrogen-bond donors (Lipinski definition) is 1. The number of nitrogens with one attached hydrogen (secondary N) is 1. The third-order valence-electron chi connectivity index (χ3n) is 2.93. The zero-order chi connectivity index (χ0) is 13.0. The Labute approximate surface area is 106 Å². The van der Waals surface area contributed by atoms with Crippen LogP contribution in [0.25, 0.3) is 0 Å². The number of carbonyl (C=O) groups is 1. The van der Waals surface area contributed by atoms with Crippen molar-refractivity contribution in [2.45, 2.75) is 32.4 Å². The van der Waals surface area contributed by atoms with Gasteiger partial charge < -0.3 is 19.5 Å². The first-order chi connectivity index (χ1) is 8.65. The van der Waals surface area contributed by atoms with Crippen LogP contribution >= 0.6 is 0 Å². The molecule has 6 nitrogen and oxygen atoms in total. The molecule has 1 aromatic heterocycles. The SMILES string of the molecule is Cc1cc(CN(C)C(=O)NC[C@H]2CCCO2)no1. The fourth-order valence-electron chi connectivity index (χ4n) is 1.95. The number of carbonyl (C=O) groups excluding carboxylic acids is 1. The minimum absolute atomic E-state index is 0.119. The van der Waals surface area contributed by atoms with Gasteiger partial charge in [0.1, 0.15) is 11.5 Å². The van der Waals surface area contributed by atoms with Crippen LogP contribution < -0.4 is 5.32 Å². The van der Waals surface area contributed by atoms with Crippen LogP contribution in [0.15, 0.2) is 10.6 Å². The number of aryl methyl sites for hydroxylation is 1. The summed E-state index contributed by atoms with van der Waals surface area (Å²) in [5.41, 5.74) is 0.752. The molecule has 0 aliphatic carbocycles. The molecule has 2 heterocycles. The summed E-state index contributed by atoms with van der Waals surface area (Å²) in [4.78, 5) is 13.4. The van der Waals surface area contributed by atoms with E-state index in [1.54, 1.807) is 11.9 Å². The lowest BCUT2D eigenvalue weighted by molar-refractivity contribution is 0.109. The van der Waals surface area contributed by atoms with Gasteiger partial charge in [-0.3, -0.25) is 0 Å². The Balaban J connectivity index is 1.74. The Morgan fingerprint density at radius 2 is 2.50 bits per heavy atom. The third kappa shape index (κ3) is 3.46. The molecule has 0 unspecified atom stereocenters. The molecule has 18 heavy (non-hydrogen) atoms. The molecule has 100 valence electrons. The molecule has 1 aliphatic heterocycles. The van der Waals surface area contributed by atoms with Gasteiger partial charge in [-0.15, -0.1) is 0 Å². The van der Waals surface area contributed by atoms with Crippen molar-refractivity contribution >= 4 is 6.03 Å². The minimum Gasteiger partial charge on any atom is -0.376 e. The average Bonchev–Trinajstić information content (AvgIpc) is 2.97. The van der Waals surface area contributed by atoms with E-state index in [-0.39, 0.29) is 12.1 Å². The zero-order valence-electron chi connectivity index (χ0n) is 10.8. The summed E-state index contributed by atoms with van der Waals surface area (Å²) in [7, 11) is 1.73. The number of ether oxygens (including phenoxy) is 1. The van der Waals surface area contributed by atoms with Crippen molar-refractivity contribution in [2.75, 3.05) is 20.2 Å². The summed E-state index contributed by atoms with van der Waals surface area (Å²) >= 11 is 0. The maximum Gasteiger partial charge on any atom is 0.317 e. The highest BCUT2D eigenvalue weighted by Crippen LogP contribution is 2.10. The van der Waals surface area contributed by atoms with E-state index in [9.17, 15) is 4.79 Å². The van der Waals surface area contributed by atoms with Crippen LogP contribution in [0, 0.1) is 6.92 Å². The van der Waals surface area contributed by atoms with Gasteiger partial charge in [-0.2, -0.15) is 0 Å². The van der Waals surface area contributed by atoms with Crippen LogP contribution in [0.3, 0.4) is 0 Å².